The van der Waals surface area contributed by atoms with Gasteiger partial charge in [-0.2, -0.15) is 5.10 Å². The minimum absolute atomic E-state index is 0.218. The molecule has 30 heavy (non-hydrogen) atoms. The summed E-state index contributed by atoms with van der Waals surface area (Å²) in [6.45, 7) is 4.10. The lowest BCUT2D eigenvalue weighted by molar-refractivity contribution is 0.0950. The summed E-state index contributed by atoms with van der Waals surface area (Å²) in [4.78, 5) is 17.0. The Balaban J connectivity index is 1.46. The zero-order valence-corrected chi connectivity index (χ0v) is 17.3. The summed E-state index contributed by atoms with van der Waals surface area (Å²) >= 11 is 0. The fraction of sp³-hybridized carbons (Fsp3) is 0.136. The summed E-state index contributed by atoms with van der Waals surface area (Å²) in [7, 11) is -3.59. The largest absolute Gasteiger partial charge is 0.348 e. The Bertz CT molecular complexity index is 1340. The van der Waals surface area contributed by atoms with Crippen LogP contribution in [0.5, 0.6) is 0 Å². The number of sulfone groups is 1. The Morgan fingerprint density at radius 3 is 2.43 bits per heavy atom. The predicted molar refractivity (Wildman–Crippen MR) is 113 cm³/mol. The fourth-order valence-corrected chi connectivity index (χ4v) is 4.39. The second-order valence-corrected chi connectivity index (χ2v) is 9.06. The third-order valence-electron chi connectivity index (χ3n) is 5.03. The van der Waals surface area contributed by atoms with Crippen molar-refractivity contribution in [2.75, 3.05) is 0 Å². The average molecular weight is 420 g/mol. The van der Waals surface area contributed by atoms with E-state index in [4.69, 9.17) is 0 Å². The third kappa shape index (κ3) is 3.81. The van der Waals surface area contributed by atoms with Gasteiger partial charge in [-0.3, -0.25) is 9.89 Å². The molecule has 0 radical (unpaired) electrons. The summed E-state index contributed by atoms with van der Waals surface area (Å²) in [5, 5.41) is 10.2. The molecule has 7 nitrogen and oxygen atoms in total. The maximum Gasteiger partial charge on any atom is 0.253 e. The van der Waals surface area contributed by atoms with Crippen LogP contribution in [0.25, 0.3) is 11.0 Å². The van der Waals surface area contributed by atoms with E-state index in [0.29, 0.717) is 11.2 Å². The van der Waals surface area contributed by atoms with Crippen molar-refractivity contribution in [1.82, 2.24) is 20.5 Å². The average Bonchev–Trinajstić information content (AvgIpc) is 3.22. The highest BCUT2D eigenvalue weighted by atomic mass is 32.2. The number of rotatable bonds is 5. The van der Waals surface area contributed by atoms with Gasteiger partial charge >= 0.3 is 0 Å². The first kappa shape index (κ1) is 19.8. The molecular formula is C22H20N4O3S. The van der Waals surface area contributed by atoms with E-state index in [9.17, 15) is 13.2 Å². The maximum absolute atomic E-state index is 12.9. The Morgan fingerprint density at radius 2 is 1.70 bits per heavy atom. The molecule has 0 atom stereocenters. The van der Waals surface area contributed by atoms with Gasteiger partial charge in [-0.05, 0) is 60.9 Å². The highest BCUT2D eigenvalue weighted by molar-refractivity contribution is 7.91. The van der Waals surface area contributed by atoms with Crippen LogP contribution < -0.4 is 5.32 Å². The van der Waals surface area contributed by atoms with Crippen LogP contribution in [0.2, 0.25) is 0 Å². The molecule has 0 aliphatic rings. The number of fused-ring (bicyclic) bond motifs is 1. The highest BCUT2D eigenvalue weighted by Gasteiger charge is 2.18. The van der Waals surface area contributed by atoms with Gasteiger partial charge < -0.3 is 5.32 Å². The smallest absolute Gasteiger partial charge is 0.253 e. The molecule has 4 rings (SSSR count). The van der Waals surface area contributed by atoms with Gasteiger partial charge in [-0.15, -0.1) is 0 Å². The number of aromatic nitrogens is 3. The molecule has 0 unspecified atom stereocenters. The molecular weight excluding hydrogens is 400 g/mol. The van der Waals surface area contributed by atoms with Crippen LogP contribution in [0.15, 0.2) is 70.7 Å². The topological polar surface area (TPSA) is 105 Å². The first-order valence-corrected chi connectivity index (χ1v) is 10.8. The van der Waals surface area contributed by atoms with Gasteiger partial charge in [-0.25, -0.2) is 13.4 Å². The van der Waals surface area contributed by atoms with Crippen molar-refractivity contribution in [3.63, 3.8) is 0 Å². The van der Waals surface area contributed by atoms with Crippen molar-refractivity contribution in [3.05, 3.63) is 83.2 Å². The van der Waals surface area contributed by atoms with Crippen molar-refractivity contribution in [3.8, 4) is 0 Å². The molecule has 0 aliphatic carbocycles. The van der Waals surface area contributed by atoms with E-state index in [2.05, 4.69) is 20.5 Å². The van der Waals surface area contributed by atoms with Crippen LogP contribution in [0.1, 0.15) is 27.0 Å². The van der Waals surface area contributed by atoms with Crippen molar-refractivity contribution in [2.24, 2.45) is 0 Å². The molecule has 4 aromatic rings. The molecule has 2 N–H and O–H groups in total. The van der Waals surface area contributed by atoms with Gasteiger partial charge in [0, 0.05) is 18.1 Å². The van der Waals surface area contributed by atoms with Crippen LogP contribution in [0.3, 0.4) is 0 Å². The monoisotopic (exact) mass is 420 g/mol. The predicted octanol–water partition coefficient (Wildman–Crippen LogP) is 3.34. The van der Waals surface area contributed by atoms with Gasteiger partial charge in [-0.1, -0.05) is 18.2 Å². The van der Waals surface area contributed by atoms with Crippen molar-refractivity contribution in [2.45, 2.75) is 30.2 Å². The molecule has 0 spiro atoms. The number of hydrogen-bond acceptors (Lipinski definition) is 5. The number of benzene rings is 2. The van der Waals surface area contributed by atoms with E-state index in [1.807, 2.05) is 19.9 Å². The molecule has 0 saturated heterocycles. The first-order chi connectivity index (χ1) is 14.3. The number of amides is 1. The summed E-state index contributed by atoms with van der Waals surface area (Å²) < 4.78 is 25.7. The van der Waals surface area contributed by atoms with Crippen LogP contribution in [0, 0.1) is 13.8 Å². The fourth-order valence-electron chi connectivity index (χ4n) is 3.05. The Morgan fingerprint density at radius 1 is 0.967 bits per heavy atom. The molecule has 2 heterocycles. The number of nitrogens with one attached hydrogen (secondary N) is 2. The van der Waals surface area contributed by atoms with E-state index < -0.39 is 9.84 Å². The summed E-state index contributed by atoms with van der Waals surface area (Å²) in [5.41, 5.74) is 3.81. The van der Waals surface area contributed by atoms with Crippen LogP contribution in [-0.4, -0.2) is 29.5 Å². The SMILES string of the molecule is Cc1ccc(S(=O)(=O)c2ccc(CNC(=O)c3cnc4[nH]ncc4c3)cc2)cc1C. The maximum atomic E-state index is 12.9. The van der Waals surface area contributed by atoms with E-state index in [0.717, 1.165) is 22.1 Å². The van der Waals surface area contributed by atoms with Crippen molar-refractivity contribution >= 4 is 26.8 Å². The van der Waals surface area contributed by atoms with Crippen LogP contribution in [0.4, 0.5) is 0 Å². The van der Waals surface area contributed by atoms with Crippen LogP contribution >= 0.6 is 0 Å². The van der Waals surface area contributed by atoms with Gasteiger partial charge in [0.05, 0.1) is 21.6 Å². The molecule has 1 amide bonds. The lowest BCUT2D eigenvalue weighted by Gasteiger charge is -2.09. The summed E-state index contributed by atoms with van der Waals surface area (Å²) in [6.07, 6.45) is 3.09. The van der Waals surface area contributed by atoms with Gasteiger partial charge in [0.15, 0.2) is 5.65 Å². The molecule has 152 valence electrons. The zero-order chi connectivity index (χ0) is 21.3. The van der Waals surface area contributed by atoms with E-state index in [1.54, 1.807) is 48.7 Å². The quantitative estimate of drug-likeness (QED) is 0.515. The number of aromatic amines is 1. The number of carbonyl (C=O) groups excluding carboxylic acids is 1. The number of pyridine rings is 1. The van der Waals surface area contributed by atoms with Gasteiger partial charge in [0.2, 0.25) is 9.84 Å². The Labute approximate surface area is 174 Å². The zero-order valence-electron chi connectivity index (χ0n) is 16.5. The van der Waals surface area contributed by atoms with Gasteiger partial charge in [0.1, 0.15) is 0 Å². The minimum Gasteiger partial charge on any atom is -0.348 e. The molecule has 8 heteroatoms. The normalized spacial score (nSPS) is 11.5. The number of aryl methyl sites for hydroxylation is 2. The number of nitrogens with zero attached hydrogens (tertiary/aromatic N) is 2. The Kier molecular flexibility index (Phi) is 5.09. The van der Waals surface area contributed by atoms with Crippen molar-refractivity contribution < 1.29 is 13.2 Å². The summed E-state index contributed by atoms with van der Waals surface area (Å²) in [6, 6.07) is 13.3. The van der Waals surface area contributed by atoms with Crippen molar-refractivity contribution in [1.29, 1.82) is 0 Å². The lowest BCUT2D eigenvalue weighted by atomic mass is 10.1. The van der Waals surface area contributed by atoms with Crippen LogP contribution in [-0.2, 0) is 16.4 Å². The molecule has 0 bridgehead atoms. The number of carbonyl (C=O) groups is 1. The number of H-pyrrole nitrogens is 1. The molecule has 0 saturated carbocycles. The van der Waals surface area contributed by atoms with E-state index >= 15 is 0 Å². The molecule has 0 aliphatic heterocycles. The number of hydrogen-bond donors (Lipinski definition) is 2. The van der Waals surface area contributed by atoms with E-state index in [-0.39, 0.29) is 22.2 Å². The summed E-state index contributed by atoms with van der Waals surface area (Å²) in [5.74, 6) is -0.266. The van der Waals surface area contributed by atoms with Gasteiger partial charge in [0.25, 0.3) is 5.91 Å². The Hall–Kier alpha value is -3.52. The second kappa shape index (κ2) is 7.72. The lowest BCUT2D eigenvalue weighted by Crippen LogP contribution is -2.22. The molecule has 2 aromatic heterocycles. The molecule has 2 aromatic carbocycles. The standard InChI is InChI=1S/C22H20N4O3S/c1-14-3-6-20(9-15(14)2)30(28,29)19-7-4-16(5-8-19)11-24-22(27)18-10-17-13-25-26-21(17)23-12-18/h3-10,12-13H,11H2,1-2H3,(H,24,27)(H,23,25,26). The minimum atomic E-state index is -3.59. The first-order valence-electron chi connectivity index (χ1n) is 9.33. The van der Waals surface area contributed by atoms with E-state index in [1.165, 1.54) is 6.20 Å². The highest BCUT2D eigenvalue weighted by Crippen LogP contribution is 2.23. The second-order valence-electron chi connectivity index (χ2n) is 7.11. The third-order valence-corrected chi connectivity index (χ3v) is 6.80. The molecule has 0 fully saturated rings.